The van der Waals surface area contributed by atoms with Gasteiger partial charge in [-0.05, 0) is 18.1 Å². The summed E-state index contributed by atoms with van der Waals surface area (Å²) >= 11 is 0. The summed E-state index contributed by atoms with van der Waals surface area (Å²) in [4.78, 5) is 11.5. The van der Waals surface area contributed by atoms with Crippen molar-refractivity contribution in [3.8, 4) is 0 Å². The van der Waals surface area contributed by atoms with Crippen LogP contribution < -0.4 is 16.2 Å². The molecule has 2 aromatic rings. The van der Waals surface area contributed by atoms with E-state index in [2.05, 4.69) is 4.72 Å². The van der Waals surface area contributed by atoms with E-state index >= 15 is 0 Å². The molecule has 0 fully saturated rings. The minimum Gasteiger partial charge on any atom is -0.408 e. The van der Waals surface area contributed by atoms with E-state index in [4.69, 9.17) is 10.2 Å². The molecule has 1 atom stereocenters. The lowest BCUT2D eigenvalue weighted by molar-refractivity contribution is 0.454. The molecule has 1 heterocycles. The van der Waals surface area contributed by atoms with Crippen LogP contribution in [0.3, 0.4) is 0 Å². The number of fused-ring (bicyclic) bond motifs is 1. The number of sulfonamides is 1. The Morgan fingerprint density at radius 1 is 1.38 bits per heavy atom. The zero-order chi connectivity index (χ0) is 15.8. The minimum absolute atomic E-state index is 0.0449. The molecule has 0 amide bonds. The van der Waals surface area contributed by atoms with Gasteiger partial charge >= 0.3 is 5.76 Å². The number of oxazole rings is 1. The van der Waals surface area contributed by atoms with Gasteiger partial charge in [0.05, 0.1) is 10.4 Å². The van der Waals surface area contributed by atoms with E-state index in [0.717, 1.165) is 0 Å². The maximum absolute atomic E-state index is 12.3. The summed E-state index contributed by atoms with van der Waals surface area (Å²) in [6, 6.07) is 3.97. The molecule has 3 N–H and O–H groups in total. The highest BCUT2D eigenvalue weighted by Gasteiger charge is 2.22. The fraction of sp³-hybridized carbons (Fsp3) is 0.462. The first-order valence-corrected chi connectivity index (χ1v) is 8.06. The minimum atomic E-state index is -3.71. The summed E-state index contributed by atoms with van der Waals surface area (Å²) < 4.78 is 33.6. The van der Waals surface area contributed by atoms with Gasteiger partial charge in [0.2, 0.25) is 10.0 Å². The van der Waals surface area contributed by atoms with Gasteiger partial charge in [-0.25, -0.2) is 17.9 Å². The van der Waals surface area contributed by atoms with Crippen molar-refractivity contribution in [2.75, 3.05) is 6.54 Å². The molecule has 0 aliphatic carbocycles. The molecule has 1 aromatic carbocycles. The van der Waals surface area contributed by atoms with Crippen LogP contribution in [0, 0.1) is 5.92 Å². The van der Waals surface area contributed by atoms with E-state index in [1.54, 1.807) is 13.1 Å². The Bertz CT molecular complexity index is 804. The summed E-state index contributed by atoms with van der Waals surface area (Å²) in [6.45, 7) is 3.98. The van der Waals surface area contributed by atoms with Crippen molar-refractivity contribution >= 4 is 21.1 Å². The molecule has 21 heavy (non-hydrogen) atoms. The normalized spacial score (nSPS) is 14.0. The van der Waals surface area contributed by atoms with Gasteiger partial charge < -0.3 is 10.2 Å². The predicted octanol–water partition coefficient (Wildman–Crippen LogP) is 0.393. The Morgan fingerprint density at radius 2 is 2.05 bits per heavy atom. The standard InChI is InChI=1S/C13H19N3O4S/c1-8(2)10(7-14)15-21(18,19)9-4-5-11-12(6-9)20-13(17)16(11)3/h4-6,8,10,15H,7,14H2,1-3H3. The van der Waals surface area contributed by atoms with Crippen LogP contribution in [-0.4, -0.2) is 25.6 Å². The van der Waals surface area contributed by atoms with Crippen LogP contribution in [0.25, 0.3) is 11.1 Å². The summed E-state index contributed by atoms with van der Waals surface area (Å²) in [5, 5.41) is 0. The largest absolute Gasteiger partial charge is 0.419 e. The van der Waals surface area contributed by atoms with Gasteiger partial charge in [0, 0.05) is 25.7 Å². The highest BCUT2D eigenvalue weighted by Crippen LogP contribution is 2.18. The second-order valence-electron chi connectivity index (χ2n) is 5.26. The SMILES string of the molecule is CC(C)C(CN)NS(=O)(=O)c1ccc2c(c1)oc(=O)n2C. The number of aromatic nitrogens is 1. The van der Waals surface area contributed by atoms with Crippen molar-refractivity contribution in [2.45, 2.75) is 24.8 Å². The first-order valence-electron chi connectivity index (χ1n) is 6.58. The van der Waals surface area contributed by atoms with E-state index in [1.807, 2.05) is 13.8 Å². The molecule has 0 aliphatic rings. The molecule has 0 bridgehead atoms. The molecule has 7 nitrogen and oxygen atoms in total. The van der Waals surface area contributed by atoms with Crippen LogP contribution >= 0.6 is 0 Å². The number of nitrogens with one attached hydrogen (secondary N) is 1. The van der Waals surface area contributed by atoms with E-state index in [9.17, 15) is 13.2 Å². The molecule has 0 saturated heterocycles. The van der Waals surface area contributed by atoms with Crippen molar-refractivity contribution < 1.29 is 12.8 Å². The first-order chi connectivity index (χ1) is 9.76. The first kappa shape index (κ1) is 15.7. The fourth-order valence-electron chi connectivity index (χ4n) is 2.01. The Balaban J connectivity index is 2.43. The zero-order valence-corrected chi connectivity index (χ0v) is 13.0. The lowest BCUT2D eigenvalue weighted by Crippen LogP contribution is -2.43. The average Bonchev–Trinajstić information content (AvgIpc) is 2.70. The van der Waals surface area contributed by atoms with Crippen molar-refractivity contribution in [1.29, 1.82) is 0 Å². The van der Waals surface area contributed by atoms with Gasteiger partial charge in [-0.1, -0.05) is 13.8 Å². The number of hydrogen-bond acceptors (Lipinski definition) is 5. The molecule has 2 rings (SSSR count). The van der Waals surface area contributed by atoms with Gasteiger partial charge in [0.25, 0.3) is 0 Å². The highest BCUT2D eigenvalue weighted by atomic mass is 32.2. The maximum Gasteiger partial charge on any atom is 0.419 e. The third-order valence-electron chi connectivity index (χ3n) is 3.44. The lowest BCUT2D eigenvalue weighted by atomic mass is 10.1. The topological polar surface area (TPSA) is 107 Å². The molecule has 0 spiro atoms. The summed E-state index contributed by atoms with van der Waals surface area (Å²) in [6.07, 6.45) is 0. The molecule has 0 radical (unpaired) electrons. The van der Waals surface area contributed by atoms with Crippen LogP contribution in [0.5, 0.6) is 0 Å². The Morgan fingerprint density at radius 3 is 2.62 bits per heavy atom. The van der Waals surface area contributed by atoms with Crippen molar-refractivity contribution in [1.82, 2.24) is 9.29 Å². The van der Waals surface area contributed by atoms with Crippen molar-refractivity contribution in [2.24, 2.45) is 18.7 Å². The Hall–Kier alpha value is -1.64. The number of rotatable bonds is 5. The highest BCUT2D eigenvalue weighted by molar-refractivity contribution is 7.89. The van der Waals surface area contributed by atoms with E-state index in [0.29, 0.717) is 5.52 Å². The quantitative estimate of drug-likeness (QED) is 0.830. The molecular weight excluding hydrogens is 294 g/mol. The number of hydrogen-bond donors (Lipinski definition) is 2. The van der Waals surface area contributed by atoms with Crippen LogP contribution in [0.2, 0.25) is 0 Å². The number of aryl methyl sites for hydroxylation is 1. The van der Waals surface area contributed by atoms with Crippen LogP contribution in [0.15, 0.2) is 32.3 Å². The van der Waals surface area contributed by atoms with Gasteiger partial charge in [0.1, 0.15) is 0 Å². The van der Waals surface area contributed by atoms with Gasteiger partial charge in [-0.15, -0.1) is 0 Å². The van der Waals surface area contributed by atoms with Crippen molar-refractivity contribution in [3.63, 3.8) is 0 Å². The zero-order valence-electron chi connectivity index (χ0n) is 12.2. The third kappa shape index (κ3) is 3.02. The van der Waals surface area contributed by atoms with Crippen LogP contribution in [0.1, 0.15) is 13.8 Å². The van der Waals surface area contributed by atoms with E-state index in [1.165, 1.54) is 16.7 Å². The van der Waals surface area contributed by atoms with Gasteiger partial charge in [-0.2, -0.15) is 0 Å². The second-order valence-corrected chi connectivity index (χ2v) is 6.98. The van der Waals surface area contributed by atoms with Crippen LogP contribution in [-0.2, 0) is 17.1 Å². The molecule has 0 saturated carbocycles. The summed E-state index contributed by atoms with van der Waals surface area (Å²) in [5.41, 5.74) is 6.36. The van der Waals surface area contributed by atoms with Crippen molar-refractivity contribution in [3.05, 3.63) is 28.7 Å². The predicted molar refractivity (Wildman–Crippen MR) is 79.5 cm³/mol. The summed E-state index contributed by atoms with van der Waals surface area (Å²) in [5.74, 6) is -0.460. The fourth-order valence-corrected chi connectivity index (χ4v) is 3.42. The summed E-state index contributed by atoms with van der Waals surface area (Å²) in [7, 11) is -2.15. The van der Waals surface area contributed by atoms with E-state index in [-0.39, 0.29) is 29.0 Å². The molecule has 1 unspecified atom stereocenters. The second kappa shape index (κ2) is 5.63. The number of benzene rings is 1. The number of nitrogens with two attached hydrogens (primary N) is 1. The Labute approximate surface area is 122 Å². The average molecular weight is 313 g/mol. The van der Waals surface area contributed by atoms with Crippen LogP contribution in [0.4, 0.5) is 0 Å². The molecule has 8 heteroatoms. The maximum atomic E-state index is 12.3. The number of nitrogens with zero attached hydrogens (tertiary/aromatic N) is 1. The lowest BCUT2D eigenvalue weighted by Gasteiger charge is -2.20. The third-order valence-corrected chi connectivity index (χ3v) is 4.93. The molecular formula is C13H19N3O4S. The smallest absolute Gasteiger partial charge is 0.408 e. The molecule has 116 valence electrons. The van der Waals surface area contributed by atoms with Gasteiger partial charge in [0.15, 0.2) is 5.58 Å². The Kier molecular flexibility index (Phi) is 4.22. The van der Waals surface area contributed by atoms with Gasteiger partial charge in [-0.3, -0.25) is 4.57 Å². The molecule has 1 aromatic heterocycles. The monoisotopic (exact) mass is 313 g/mol. The molecule has 0 aliphatic heterocycles. The van der Waals surface area contributed by atoms with E-state index < -0.39 is 15.8 Å².